The average Bonchev–Trinajstić information content (AvgIpc) is 2.08. The maximum atomic E-state index is 11.0. The molecule has 0 saturated heterocycles. The smallest absolute Gasteiger partial charge is 0.152 e. The molecule has 0 fully saturated rings. The summed E-state index contributed by atoms with van der Waals surface area (Å²) in [7, 11) is 0. The molecular formula is C9H8ClIO2. The molecule has 0 saturated carbocycles. The molecule has 70 valence electrons. The largest absolute Gasteiger partial charge is 0.508 e. The molecule has 1 unspecified atom stereocenters. The van der Waals surface area contributed by atoms with E-state index in [4.69, 9.17) is 11.6 Å². The van der Waals surface area contributed by atoms with Crippen LogP contribution in [0.1, 0.15) is 17.9 Å². The van der Waals surface area contributed by atoms with Gasteiger partial charge in [-0.2, -0.15) is 0 Å². The highest BCUT2D eigenvalue weighted by Gasteiger charge is 2.16. The van der Waals surface area contributed by atoms with E-state index in [1.807, 2.05) is 0 Å². The predicted molar refractivity (Wildman–Crippen MR) is 60.1 cm³/mol. The molecule has 0 aliphatic rings. The minimum absolute atomic E-state index is 0.0654. The van der Waals surface area contributed by atoms with Gasteiger partial charge in [-0.3, -0.25) is 4.79 Å². The van der Waals surface area contributed by atoms with E-state index >= 15 is 0 Å². The second-order valence-electron chi connectivity index (χ2n) is 2.68. The fourth-order valence-corrected chi connectivity index (χ4v) is 1.64. The zero-order chi connectivity index (χ0) is 10.0. The van der Waals surface area contributed by atoms with E-state index in [0.29, 0.717) is 5.56 Å². The number of carbonyl (C=O) groups is 1. The monoisotopic (exact) mass is 310 g/mol. The number of carbonyl (C=O) groups excluding carboxylic acids is 1. The Morgan fingerprint density at radius 1 is 1.62 bits per heavy atom. The molecule has 0 heterocycles. The third kappa shape index (κ3) is 2.57. The Labute approximate surface area is 95.0 Å². The van der Waals surface area contributed by atoms with Gasteiger partial charge < -0.3 is 5.11 Å². The molecule has 2 nitrogen and oxygen atoms in total. The van der Waals surface area contributed by atoms with Crippen molar-refractivity contribution >= 4 is 40.0 Å². The van der Waals surface area contributed by atoms with Gasteiger partial charge in [-0.05, 0) is 47.7 Å². The summed E-state index contributed by atoms with van der Waals surface area (Å²) < 4.78 is 0.942. The van der Waals surface area contributed by atoms with Crippen molar-refractivity contribution in [2.24, 2.45) is 0 Å². The highest BCUT2D eigenvalue weighted by atomic mass is 127. The van der Waals surface area contributed by atoms with Gasteiger partial charge in [0.2, 0.25) is 0 Å². The Kier molecular flexibility index (Phi) is 3.55. The lowest BCUT2D eigenvalue weighted by Crippen LogP contribution is -2.01. The van der Waals surface area contributed by atoms with Crippen LogP contribution in [0, 0.1) is 3.57 Å². The minimum atomic E-state index is -0.755. The van der Waals surface area contributed by atoms with Gasteiger partial charge in [-0.1, -0.05) is 0 Å². The maximum Gasteiger partial charge on any atom is 0.152 e. The molecule has 0 spiro atoms. The number of halogens is 2. The highest BCUT2D eigenvalue weighted by Crippen LogP contribution is 2.30. The molecule has 1 aromatic carbocycles. The number of ketones is 1. The summed E-state index contributed by atoms with van der Waals surface area (Å²) in [5.41, 5.74) is 0.473. The first kappa shape index (κ1) is 10.8. The first-order valence-electron chi connectivity index (χ1n) is 3.65. The first-order chi connectivity index (χ1) is 6.02. The van der Waals surface area contributed by atoms with Crippen molar-refractivity contribution in [3.63, 3.8) is 0 Å². The highest BCUT2D eigenvalue weighted by molar-refractivity contribution is 14.1. The van der Waals surface area contributed by atoms with Crippen LogP contribution in [0.5, 0.6) is 5.75 Å². The fourth-order valence-electron chi connectivity index (χ4n) is 0.947. The molecule has 4 heteroatoms. The Morgan fingerprint density at radius 3 is 2.77 bits per heavy atom. The van der Waals surface area contributed by atoms with Gasteiger partial charge in [0, 0.05) is 9.13 Å². The van der Waals surface area contributed by atoms with Gasteiger partial charge in [-0.25, -0.2) is 0 Å². The van der Waals surface area contributed by atoms with E-state index < -0.39 is 5.38 Å². The average molecular weight is 311 g/mol. The lowest BCUT2D eigenvalue weighted by Gasteiger charge is -2.08. The summed E-state index contributed by atoms with van der Waals surface area (Å²) in [5.74, 6) is -0.102. The molecule has 1 N–H and O–H groups in total. The van der Waals surface area contributed by atoms with Gasteiger partial charge >= 0.3 is 0 Å². The summed E-state index contributed by atoms with van der Waals surface area (Å²) in [6, 6.07) is 4.99. The molecule has 0 aliphatic carbocycles. The van der Waals surface area contributed by atoms with Gasteiger partial charge in [0.15, 0.2) is 5.78 Å². The number of benzene rings is 1. The van der Waals surface area contributed by atoms with E-state index in [2.05, 4.69) is 22.6 Å². The van der Waals surface area contributed by atoms with Gasteiger partial charge in [0.05, 0.1) is 0 Å². The van der Waals surface area contributed by atoms with Crippen molar-refractivity contribution in [2.45, 2.75) is 12.3 Å². The number of Topliss-reactive ketones (excluding diaryl/α,β-unsaturated/α-hetero) is 1. The van der Waals surface area contributed by atoms with Crippen LogP contribution in [0.25, 0.3) is 0 Å². The van der Waals surface area contributed by atoms with Crippen LogP contribution in [0.3, 0.4) is 0 Å². The standard InChI is InChI=1S/C9H8ClIO2/c1-5(12)9(10)7-4-6(11)2-3-8(7)13/h2-4,9,13H,1H3. The fraction of sp³-hybridized carbons (Fsp3) is 0.222. The first-order valence-corrected chi connectivity index (χ1v) is 5.17. The number of phenolic OH excluding ortho intramolecular Hbond substituents is 1. The zero-order valence-corrected chi connectivity index (χ0v) is 9.83. The molecule has 0 bridgehead atoms. The molecular weight excluding hydrogens is 302 g/mol. The number of hydrogen-bond donors (Lipinski definition) is 1. The number of phenols is 1. The maximum absolute atomic E-state index is 11.0. The molecule has 0 aliphatic heterocycles. The number of rotatable bonds is 2. The number of hydrogen-bond acceptors (Lipinski definition) is 2. The Hall–Kier alpha value is -0.290. The van der Waals surface area contributed by atoms with Crippen molar-refractivity contribution in [1.82, 2.24) is 0 Å². The lowest BCUT2D eigenvalue weighted by atomic mass is 10.1. The Morgan fingerprint density at radius 2 is 2.23 bits per heavy atom. The molecule has 0 aromatic heterocycles. The van der Waals surface area contributed by atoms with Crippen molar-refractivity contribution in [1.29, 1.82) is 0 Å². The Balaban J connectivity index is 3.12. The minimum Gasteiger partial charge on any atom is -0.508 e. The van der Waals surface area contributed by atoms with E-state index in [-0.39, 0.29) is 11.5 Å². The summed E-state index contributed by atoms with van der Waals surface area (Å²) in [6.07, 6.45) is 0. The molecule has 1 rings (SSSR count). The quantitative estimate of drug-likeness (QED) is 0.674. The summed E-state index contributed by atoms with van der Waals surface area (Å²) in [6.45, 7) is 1.40. The van der Waals surface area contributed by atoms with Crippen LogP contribution < -0.4 is 0 Å². The van der Waals surface area contributed by atoms with Crippen molar-refractivity contribution in [2.75, 3.05) is 0 Å². The van der Waals surface area contributed by atoms with E-state index in [9.17, 15) is 9.90 Å². The zero-order valence-electron chi connectivity index (χ0n) is 6.92. The van der Waals surface area contributed by atoms with E-state index in [0.717, 1.165) is 3.57 Å². The van der Waals surface area contributed by atoms with Crippen LogP contribution in [-0.2, 0) is 4.79 Å². The normalized spacial score (nSPS) is 12.5. The molecule has 0 amide bonds. The number of aromatic hydroxyl groups is 1. The van der Waals surface area contributed by atoms with Crippen molar-refractivity contribution < 1.29 is 9.90 Å². The third-order valence-corrected chi connectivity index (χ3v) is 2.83. The molecule has 1 atom stereocenters. The second kappa shape index (κ2) is 4.28. The van der Waals surface area contributed by atoms with E-state index in [1.165, 1.54) is 13.0 Å². The van der Waals surface area contributed by atoms with Crippen LogP contribution >= 0.6 is 34.2 Å². The van der Waals surface area contributed by atoms with Crippen LogP contribution in [0.4, 0.5) is 0 Å². The molecule has 1 aromatic rings. The SMILES string of the molecule is CC(=O)C(Cl)c1cc(I)ccc1O. The third-order valence-electron chi connectivity index (χ3n) is 1.62. The Bertz CT molecular complexity index is 338. The number of alkyl halides is 1. The molecule has 13 heavy (non-hydrogen) atoms. The second-order valence-corrected chi connectivity index (χ2v) is 4.36. The van der Waals surface area contributed by atoms with Gasteiger partial charge in [0.25, 0.3) is 0 Å². The van der Waals surface area contributed by atoms with Crippen molar-refractivity contribution in [3.05, 3.63) is 27.3 Å². The van der Waals surface area contributed by atoms with Gasteiger partial charge in [0.1, 0.15) is 11.1 Å². The van der Waals surface area contributed by atoms with Crippen molar-refractivity contribution in [3.8, 4) is 5.75 Å². The van der Waals surface area contributed by atoms with Crippen LogP contribution in [0.2, 0.25) is 0 Å². The lowest BCUT2D eigenvalue weighted by molar-refractivity contribution is -0.116. The summed E-state index contributed by atoms with van der Waals surface area (Å²) in [4.78, 5) is 11.0. The van der Waals surface area contributed by atoms with Gasteiger partial charge in [-0.15, -0.1) is 11.6 Å². The van der Waals surface area contributed by atoms with E-state index in [1.54, 1.807) is 12.1 Å². The topological polar surface area (TPSA) is 37.3 Å². The summed E-state index contributed by atoms with van der Waals surface area (Å²) in [5, 5.41) is 8.66. The van der Waals surface area contributed by atoms with Crippen LogP contribution in [0.15, 0.2) is 18.2 Å². The summed E-state index contributed by atoms with van der Waals surface area (Å²) >= 11 is 7.90. The predicted octanol–water partition coefficient (Wildman–Crippen LogP) is 2.87. The van der Waals surface area contributed by atoms with Crippen LogP contribution in [-0.4, -0.2) is 10.9 Å². The molecule has 0 radical (unpaired) electrons.